The number of ketones is 2. The summed E-state index contributed by atoms with van der Waals surface area (Å²) in [5, 5.41) is 0. The second-order valence-corrected chi connectivity index (χ2v) is 5.77. The van der Waals surface area contributed by atoms with E-state index in [0.29, 0.717) is 20.9 Å². The highest BCUT2D eigenvalue weighted by molar-refractivity contribution is 7.80. The predicted molar refractivity (Wildman–Crippen MR) is 94.8 cm³/mol. The van der Waals surface area contributed by atoms with Gasteiger partial charge in [-0.3, -0.25) is 9.59 Å². The van der Waals surface area contributed by atoms with Crippen molar-refractivity contribution in [3.63, 3.8) is 0 Å². The number of Topliss-reactive ketones (excluding diaryl/α,β-unsaturated/α-hetero) is 2. The number of rotatable bonds is 7. The Kier molecular flexibility index (Phi) is 6.41. The van der Waals surface area contributed by atoms with Crippen LogP contribution >= 0.6 is 25.3 Å². The number of hydrogen-bond donors (Lipinski definition) is 3. The quantitative estimate of drug-likeness (QED) is 0.409. The first-order valence-corrected chi connectivity index (χ1v) is 7.91. The zero-order valence-corrected chi connectivity index (χ0v) is 14.1. The van der Waals surface area contributed by atoms with Gasteiger partial charge in [0.15, 0.2) is 6.10 Å². The summed E-state index contributed by atoms with van der Waals surface area (Å²) in [5.74, 6) is -0.878. The molecule has 0 atom stereocenters. The van der Waals surface area contributed by atoms with E-state index in [4.69, 9.17) is 10.5 Å². The maximum Gasteiger partial charge on any atom is 0.200 e. The summed E-state index contributed by atoms with van der Waals surface area (Å²) in [4.78, 5) is 26.5. The van der Waals surface area contributed by atoms with Gasteiger partial charge in [0.25, 0.3) is 0 Å². The van der Waals surface area contributed by atoms with Crippen LogP contribution in [0, 0.1) is 0 Å². The van der Waals surface area contributed by atoms with Gasteiger partial charge in [-0.2, -0.15) is 0 Å². The Hall–Kier alpha value is -1.60. The van der Waals surface area contributed by atoms with E-state index in [1.54, 1.807) is 48.5 Å². The highest BCUT2D eigenvalue weighted by Gasteiger charge is 2.31. The normalized spacial score (nSPS) is 10.8. The van der Waals surface area contributed by atoms with E-state index in [1.807, 2.05) is 0 Å². The van der Waals surface area contributed by atoms with E-state index in [9.17, 15) is 9.59 Å². The van der Waals surface area contributed by atoms with Crippen LogP contribution in [0.2, 0.25) is 0 Å². The molecule has 120 valence electrons. The van der Waals surface area contributed by atoms with Crippen molar-refractivity contribution >= 4 is 36.8 Å². The van der Waals surface area contributed by atoms with Gasteiger partial charge in [-0.25, -0.2) is 0 Å². The molecule has 0 spiro atoms. The number of thiol groups is 2. The summed E-state index contributed by atoms with van der Waals surface area (Å²) in [5.41, 5.74) is 6.11. The molecule has 0 fully saturated rings. The van der Waals surface area contributed by atoms with E-state index in [1.165, 1.54) is 0 Å². The van der Waals surface area contributed by atoms with Crippen molar-refractivity contribution in [1.29, 1.82) is 0 Å². The van der Waals surface area contributed by atoms with E-state index in [-0.39, 0.29) is 13.2 Å². The lowest BCUT2D eigenvalue weighted by molar-refractivity contribution is 0.0385. The molecule has 0 unspecified atom stereocenters. The fourth-order valence-corrected chi connectivity index (χ4v) is 2.64. The number of ether oxygens (including phenoxy) is 1. The molecule has 0 amide bonds. The van der Waals surface area contributed by atoms with Gasteiger partial charge in [-0.1, -0.05) is 36.4 Å². The number of hydrogen-bond acceptors (Lipinski definition) is 6. The van der Waals surface area contributed by atoms with Crippen molar-refractivity contribution in [3.8, 4) is 0 Å². The fraction of sp³-hybridized carbons (Fsp3) is 0.176. The molecule has 4 nitrogen and oxygen atoms in total. The largest absolute Gasteiger partial charge is 0.360 e. The van der Waals surface area contributed by atoms with Crippen molar-refractivity contribution in [3.05, 3.63) is 59.7 Å². The third-order valence-electron chi connectivity index (χ3n) is 3.22. The Bertz CT molecular complexity index is 661. The third-order valence-corrected chi connectivity index (χ3v) is 4.00. The lowest BCUT2D eigenvalue weighted by atomic mass is 9.98. The maximum absolute atomic E-state index is 12.7. The van der Waals surface area contributed by atoms with Crippen molar-refractivity contribution in [2.75, 3.05) is 13.2 Å². The van der Waals surface area contributed by atoms with Crippen LogP contribution in [0.4, 0.5) is 0 Å². The van der Waals surface area contributed by atoms with Gasteiger partial charge in [0.2, 0.25) is 11.6 Å². The Balaban J connectivity index is 2.37. The molecule has 0 aliphatic heterocycles. The van der Waals surface area contributed by atoms with Crippen LogP contribution in [0.15, 0.2) is 58.3 Å². The van der Waals surface area contributed by atoms with Crippen LogP contribution in [0.1, 0.15) is 20.7 Å². The van der Waals surface area contributed by atoms with Gasteiger partial charge in [0.05, 0.1) is 6.61 Å². The molecule has 2 aromatic carbocycles. The van der Waals surface area contributed by atoms with Crippen LogP contribution in [0.25, 0.3) is 0 Å². The molecule has 0 saturated heterocycles. The molecule has 0 aromatic heterocycles. The van der Waals surface area contributed by atoms with Gasteiger partial charge in [-0.15, -0.1) is 25.3 Å². The average molecular weight is 347 g/mol. The number of carbonyl (C=O) groups is 2. The Morgan fingerprint density at radius 3 is 1.74 bits per heavy atom. The maximum atomic E-state index is 12.7. The van der Waals surface area contributed by atoms with Gasteiger partial charge >= 0.3 is 0 Å². The first-order chi connectivity index (χ1) is 11.1. The minimum Gasteiger partial charge on any atom is -0.360 e. The number of carbonyl (C=O) groups excluding carboxylic acids is 2. The predicted octanol–water partition coefficient (Wildman–Crippen LogP) is 2.67. The Morgan fingerprint density at radius 1 is 0.913 bits per heavy atom. The fourth-order valence-electron chi connectivity index (χ4n) is 2.10. The monoisotopic (exact) mass is 347 g/mol. The van der Waals surface area contributed by atoms with Crippen molar-refractivity contribution < 1.29 is 14.3 Å². The van der Waals surface area contributed by atoms with E-state index < -0.39 is 17.7 Å². The molecule has 0 saturated carbocycles. The van der Waals surface area contributed by atoms with Crippen LogP contribution in [-0.2, 0) is 4.74 Å². The highest BCUT2D eigenvalue weighted by Crippen LogP contribution is 2.21. The van der Waals surface area contributed by atoms with Crippen molar-refractivity contribution in [1.82, 2.24) is 0 Å². The first-order valence-electron chi connectivity index (χ1n) is 7.02. The van der Waals surface area contributed by atoms with Gasteiger partial charge in [0.1, 0.15) is 0 Å². The van der Waals surface area contributed by atoms with Crippen LogP contribution in [-0.4, -0.2) is 30.8 Å². The second kappa shape index (κ2) is 8.31. The topological polar surface area (TPSA) is 69.4 Å². The third kappa shape index (κ3) is 4.23. The summed E-state index contributed by atoms with van der Waals surface area (Å²) >= 11 is 8.54. The van der Waals surface area contributed by atoms with Gasteiger partial charge < -0.3 is 10.5 Å². The highest BCUT2D eigenvalue weighted by atomic mass is 32.1. The first kappa shape index (κ1) is 17.7. The molecular formula is C17H17NO3S2. The van der Waals surface area contributed by atoms with Gasteiger partial charge in [0, 0.05) is 27.5 Å². The van der Waals surface area contributed by atoms with E-state index >= 15 is 0 Å². The molecule has 2 N–H and O–H groups in total. The zero-order valence-electron chi connectivity index (χ0n) is 12.3. The standard InChI is InChI=1S/C17H17NO3S2/c18-9-10-21-17(15(19)11-5-1-3-7-13(11)22)16(20)12-6-2-4-8-14(12)23/h1-8,17,22-23H,9-10,18H2. The average Bonchev–Trinajstić information content (AvgIpc) is 2.55. The molecule has 2 rings (SSSR count). The van der Waals surface area contributed by atoms with E-state index in [0.717, 1.165) is 0 Å². The minimum absolute atomic E-state index is 0.103. The van der Waals surface area contributed by atoms with Crippen molar-refractivity contribution in [2.24, 2.45) is 5.73 Å². The summed E-state index contributed by atoms with van der Waals surface area (Å²) in [6, 6.07) is 13.6. The van der Waals surface area contributed by atoms with Crippen LogP contribution in [0.3, 0.4) is 0 Å². The number of nitrogens with two attached hydrogens (primary N) is 1. The smallest absolute Gasteiger partial charge is 0.200 e. The molecule has 0 heterocycles. The SMILES string of the molecule is NCCOC(C(=O)c1ccccc1S)C(=O)c1ccccc1S. The summed E-state index contributed by atoms with van der Waals surface area (Å²) < 4.78 is 5.44. The van der Waals surface area contributed by atoms with Crippen LogP contribution in [0.5, 0.6) is 0 Å². The molecular weight excluding hydrogens is 330 g/mol. The molecule has 0 radical (unpaired) electrons. The number of benzene rings is 2. The summed E-state index contributed by atoms with van der Waals surface area (Å²) in [6.07, 6.45) is -1.26. The molecule has 2 aromatic rings. The molecule has 0 aliphatic rings. The van der Waals surface area contributed by atoms with Crippen LogP contribution < -0.4 is 5.73 Å². The van der Waals surface area contributed by atoms with E-state index in [2.05, 4.69) is 25.3 Å². The molecule has 6 heteroatoms. The molecule has 0 bridgehead atoms. The van der Waals surface area contributed by atoms with Gasteiger partial charge in [-0.05, 0) is 12.1 Å². The summed E-state index contributed by atoms with van der Waals surface area (Å²) in [7, 11) is 0. The van der Waals surface area contributed by atoms with Crippen molar-refractivity contribution in [2.45, 2.75) is 15.9 Å². The lowest BCUT2D eigenvalue weighted by Gasteiger charge is -2.17. The minimum atomic E-state index is -1.26. The lowest BCUT2D eigenvalue weighted by Crippen LogP contribution is -2.35. The Morgan fingerprint density at radius 2 is 1.35 bits per heavy atom. The molecule has 0 aliphatic carbocycles. The second-order valence-electron chi connectivity index (χ2n) is 4.80. The molecule has 23 heavy (non-hydrogen) atoms. The summed E-state index contributed by atoms with van der Waals surface area (Å²) in [6.45, 7) is 0.313. The zero-order chi connectivity index (χ0) is 16.8. The Labute approximate surface area is 145 Å².